The van der Waals surface area contributed by atoms with E-state index in [2.05, 4.69) is 107 Å². The molecule has 0 saturated heterocycles. The summed E-state index contributed by atoms with van der Waals surface area (Å²) in [5, 5.41) is 2.54. The van der Waals surface area contributed by atoms with Crippen molar-refractivity contribution < 1.29 is 9.53 Å². The first-order chi connectivity index (χ1) is 17.5. The molecule has 0 N–H and O–H groups in total. The predicted molar refractivity (Wildman–Crippen MR) is 155 cm³/mol. The molecule has 3 nitrogen and oxygen atoms in total. The number of nitrogens with zero attached hydrogens (tertiary/aromatic N) is 1. The van der Waals surface area contributed by atoms with Crippen LogP contribution in [0, 0.1) is 0 Å². The molecule has 188 valence electrons. The van der Waals surface area contributed by atoms with Gasteiger partial charge in [0.25, 0.3) is 0 Å². The van der Waals surface area contributed by atoms with Gasteiger partial charge in [-0.2, -0.15) is 0 Å². The third-order valence-electron chi connectivity index (χ3n) is 7.26. The van der Waals surface area contributed by atoms with Crippen LogP contribution in [-0.4, -0.2) is 17.6 Å². The lowest BCUT2D eigenvalue weighted by Crippen LogP contribution is -2.10. The summed E-state index contributed by atoms with van der Waals surface area (Å²) in [7, 11) is 1.41. The van der Waals surface area contributed by atoms with Gasteiger partial charge in [0.1, 0.15) is 0 Å². The Morgan fingerprint density at radius 1 is 0.676 bits per heavy atom. The van der Waals surface area contributed by atoms with E-state index >= 15 is 0 Å². The number of rotatable bonds is 3. The van der Waals surface area contributed by atoms with Gasteiger partial charge in [0.15, 0.2) is 0 Å². The van der Waals surface area contributed by atoms with Gasteiger partial charge in [-0.25, -0.2) is 4.79 Å². The Labute approximate surface area is 219 Å². The summed E-state index contributed by atoms with van der Waals surface area (Å²) >= 11 is 0. The second kappa shape index (κ2) is 8.92. The summed E-state index contributed by atoms with van der Waals surface area (Å²) in [6.45, 7) is 13.6. The van der Waals surface area contributed by atoms with Crippen molar-refractivity contribution >= 4 is 27.8 Å². The summed E-state index contributed by atoms with van der Waals surface area (Å²) < 4.78 is 7.27. The topological polar surface area (TPSA) is 31.2 Å². The molecule has 0 aliphatic carbocycles. The summed E-state index contributed by atoms with van der Waals surface area (Å²) in [5.74, 6) is -0.327. The van der Waals surface area contributed by atoms with Crippen molar-refractivity contribution in [3.8, 4) is 16.8 Å². The zero-order chi connectivity index (χ0) is 26.5. The van der Waals surface area contributed by atoms with Gasteiger partial charge < -0.3 is 9.30 Å². The molecule has 0 unspecified atom stereocenters. The van der Waals surface area contributed by atoms with Crippen molar-refractivity contribution in [1.82, 2.24) is 4.57 Å². The average molecular weight is 490 g/mol. The number of ether oxygens (including phenoxy) is 1. The van der Waals surface area contributed by atoms with E-state index in [-0.39, 0.29) is 16.8 Å². The van der Waals surface area contributed by atoms with Crippen molar-refractivity contribution in [2.75, 3.05) is 7.11 Å². The fourth-order valence-electron chi connectivity index (χ4n) is 5.03. The van der Waals surface area contributed by atoms with Crippen molar-refractivity contribution in [2.24, 2.45) is 0 Å². The molecule has 1 aromatic heterocycles. The van der Waals surface area contributed by atoms with Crippen molar-refractivity contribution in [3.63, 3.8) is 0 Å². The molecule has 0 bridgehead atoms. The summed E-state index contributed by atoms with van der Waals surface area (Å²) in [5.41, 5.74) is 8.96. The molecule has 0 fully saturated rings. The highest BCUT2D eigenvalue weighted by Gasteiger charge is 2.21. The molecule has 3 heteroatoms. The molecular weight excluding hydrogens is 454 g/mol. The normalized spacial score (nSPS) is 12.3. The monoisotopic (exact) mass is 489 g/mol. The van der Waals surface area contributed by atoms with E-state index in [0.717, 1.165) is 16.8 Å². The van der Waals surface area contributed by atoms with Crippen molar-refractivity contribution in [1.29, 1.82) is 0 Å². The van der Waals surface area contributed by atoms with Crippen LogP contribution in [-0.2, 0) is 15.6 Å². The van der Waals surface area contributed by atoms with Crippen LogP contribution in [0.2, 0.25) is 0 Å². The number of methoxy groups -OCH3 is 1. The molecule has 0 amide bonds. The minimum Gasteiger partial charge on any atom is -0.465 e. The minimum absolute atomic E-state index is 0.0591. The van der Waals surface area contributed by atoms with Crippen LogP contribution >= 0.6 is 0 Å². The largest absolute Gasteiger partial charge is 0.465 e. The van der Waals surface area contributed by atoms with Crippen LogP contribution in [0.25, 0.3) is 38.6 Å². The van der Waals surface area contributed by atoms with E-state index in [4.69, 9.17) is 4.74 Å². The highest BCUT2D eigenvalue weighted by atomic mass is 16.5. The Balaban J connectivity index is 1.80. The molecule has 0 aliphatic rings. The standard InChI is InChI=1S/C34H35NO2/c1-33(2,3)24-16-18-30-27(20-24)28-21-25(34(4,5)6)17-19-31(28)35(30)29-11-9-8-10-26(29)22-12-14-23(15-13-22)32(36)37-7/h8-21H,1-7H3. The first-order valence-corrected chi connectivity index (χ1v) is 12.9. The van der Waals surface area contributed by atoms with Crippen LogP contribution < -0.4 is 0 Å². The van der Waals surface area contributed by atoms with Gasteiger partial charge in [-0.3, -0.25) is 0 Å². The zero-order valence-corrected chi connectivity index (χ0v) is 22.8. The maximum absolute atomic E-state index is 12.0. The van der Waals surface area contributed by atoms with Gasteiger partial charge in [-0.05, 0) is 70.0 Å². The molecule has 4 aromatic carbocycles. The number of esters is 1. The number of aromatic nitrogens is 1. The number of para-hydroxylation sites is 1. The predicted octanol–water partition coefficient (Wildman–Crippen LogP) is 8.83. The lowest BCUT2D eigenvalue weighted by Gasteiger charge is -2.19. The molecule has 0 saturated carbocycles. The number of carbonyl (C=O) groups excluding carboxylic acids is 1. The summed E-state index contributed by atoms with van der Waals surface area (Å²) in [6, 6.07) is 29.9. The highest BCUT2D eigenvalue weighted by Crippen LogP contribution is 2.39. The third-order valence-corrected chi connectivity index (χ3v) is 7.26. The fourth-order valence-corrected chi connectivity index (χ4v) is 5.03. The molecule has 0 atom stereocenters. The smallest absolute Gasteiger partial charge is 0.337 e. The van der Waals surface area contributed by atoms with E-state index in [1.807, 2.05) is 24.3 Å². The SMILES string of the molecule is COC(=O)c1ccc(-c2ccccc2-n2c3ccc(C(C)(C)C)cc3c3cc(C(C)(C)C)ccc32)cc1. The Kier molecular flexibility index (Phi) is 5.98. The first kappa shape index (κ1) is 24.8. The lowest BCUT2D eigenvalue weighted by molar-refractivity contribution is 0.0600. The molecule has 1 heterocycles. The number of carbonyl (C=O) groups is 1. The summed E-state index contributed by atoms with van der Waals surface area (Å²) in [6.07, 6.45) is 0. The van der Waals surface area contributed by atoms with E-state index < -0.39 is 0 Å². The third kappa shape index (κ3) is 4.44. The number of fused-ring (bicyclic) bond motifs is 3. The van der Waals surface area contributed by atoms with Gasteiger partial charge in [0.05, 0.1) is 29.4 Å². The second-order valence-electron chi connectivity index (χ2n) is 11.9. The fraction of sp³-hybridized carbons (Fsp3) is 0.265. The molecule has 0 spiro atoms. The maximum Gasteiger partial charge on any atom is 0.337 e. The van der Waals surface area contributed by atoms with Crippen LogP contribution in [0.3, 0.4) is 0 Å². The maximum atomic E-state index is 12.0. The van der Waals surface area contributed by atoms with Gasteiger partial charge in [-0.15, -0.1) is 0 Å². The van der Waals surface area contributed by atoms with E-state index in [0.29, 0.717) is 5.56 Å². The highest BCUT2D eigenvalue weighted by molar-refractivity contribution is 6.10. The van der Waals surface area contributed by atoms with E-state index in [9.17, 15) is 4.79 Å². The molecule has 37 heavy (non-hydrogen) atoms. The van der Waals surface area contributed by atoms with Crippen molar-refractivity contribution in [3.05, 3.63) is 102 Å². The number of hydrogen-bond acceptors (Lipinski definition) is 2. The Bertz CT molecular complexity index is 1550. The minimum atomic E-state index is -0.327. The molecule has 0 aliphatic heterocycles. The molecule has 5 rings (SSSR count). The Morgan fingerprint density at radius 2 is 1.19 bits per heavy atom. The van der Waals surface area contributed by atoms with E-state index in [1.165, 1.54) is 40.0 Å². The Morgan fingerprint density at radius 3 is 1.68 bits per heavy atom. The second-order valence-corrected chi connectivity index (χ2v) is 11.9. The van der Waals surface area contributed by atoms with Gasteiger partial charge >= 0.3 is 5.97 Å². The molecular formula is C34H35NO2. The van der Waals surface area contributed by atoms with Gasteiger partial charge in [0.2, 0.25) is 0 Å². The zero-order valence-electron chi connectivity index (χ0n) is 22.8. The average Bonchev–Trinajstić information content (AvgIpc) is 3.20. The van der Waals surface area contributed by atoms with E-state index in [1.54, 1.807) is 0 Å². The number of hydrogen-bond donors (Lipinski definition) is 0. The first-order valence-electron chi connectivity index (χ1n) is 12.9. The summed E-state index contributed by atoms with van der Waals surface area (Å²) in [4.78, 5) is 12.0. The van der Waals surface area contributed by atoms with Crippen LogP contribution in [0.15, 0.2) is 84.9 Å². The van der Waals surface area contributed by atoms with Gasteiger partial charge in [0, 0.05) is 16.3 Å². The number of benzene rings is 4. The van der Waals surface area contributed by atoms with Gasteiger partial charge in [-0.1, -0.05) is 84.0 Å². The van der Waals surface area contributed by atoms with Crippen LogP contribution in [0.1, 0.15) is 63.0 Å². The Hall–Kier alpha value is -3.85. The van der Waals surface area contributed by atoms with Crippen LogP contribution in [0.4, 0.5) is 0 Å². The molecule has 0 radical (unpaired) electrons. The quantitative estimate of drug-likeness (QED) is 0.237. The molecule has 5 aromatic rings. The van der Waals surface area contributed by atoms with Crippen LogP contribution in [0.5, 0.6) is 0 Å². The lowest BCUT2D eigenvalue weighted by atomic mass is 9.85. The van der Waals surface area contributed by atoms with Crippen molar-refractivity contribution in [2.45, 2.75) is 52.4 Å².